The van der Waals surface area contributed by atoms with Crippen molar-refractivity contribution in [3.05, 3.63) is 35.4 Å². The van der Waals surface area contributed by atoms with Gasteiger partial charge in [0.1, 0.15) is 0 Å². The van der Waals surface area contributed by atoms with Crippen molar-refractivity contribution in [2.24, 2.45) is 5.92 Å². The minimum absolute atomic E-state index is 0.322. The van der Waals surface area contributed by atoms with Crippen LogP contribution in [0.15, 0.2) is 24.3 Å². The average Bonchev–Trinajstić information content (AvgIpc) is 3.32. The first-order valence-corrected chi connectivity index (χ1v) is 7.53. The smallest absolute Gasteiger partial charge is 0.311 e. The summed E-state index contributed by atoms with van der Waals surface area (Å²) in [6, 6.07) is 8.04. The van der Waals surface area contributed by atoms with Gasteiger partial charge in [0.2, 0.25) is 0 Å². The van der Waals surface area contributed by atoms with Crippen LogP contribution in [0.5, 0.6) is 0 Å². The maximum absolute atomic E-state index is 11.8. The van der Waals surface area contributed by atoms with Gasteiger partial charge in [-0.3, -0.25) is 4.79 Å². The van der Waals surface area contributed by atoms with Gasteiger partial charge in [-0.1, -0.05) is 44.0 Å². The third-order valence-corrected chi connectivity index (χ3v) is 4.08. The van der Waals surface area contributed by atoms with Gasteiger partial charge in [0.05, 0.1) is 19.1 Å². The zero-order valence-corrected chi connectivity index (χ0v) is 12.3. The second kappa shape index (κ2) is 6.89. The number of rotatable bonds is 7. The van der Waals surface area contributed by atoms with Gasteiger partial charge in [-0.15, -0.1) is 0 Å². The fourth-order valence-electron chi connectivity index (χ4n) is 2.59. The van der Waals surface area contributed by atoms with Crippen molar-refractivity contribution in [1.29, 1.82) is 0 Å². The highest BCUT2D eigenvalue weighted by atomic mass is 16.5. The number of aliphatic hydroxyl groups excluding tert-OH is 1. The molecular weight excluding hydrogens is 252 g/mol. The van der Waals surface area contributed by atoms with Gasteiger partial charge in [-0.05, 0) is 36.3 Å². The third-order valence-electron chi connectivity index (χ3n) is 4.08. The lowest BCUT2D eigenvalue weighted by atomic mass is 9.90. The first kappa shape index (κ1) is 15.0. The molecule has 0 spiro atoms. The second-order valence-corrected chi connectivity index (χ2v) is 5.66. The van der Waals surface area contributed by atoms with Crippen LogP contribution >= 0.6 is 0 Å². The molecule has 0 heterocycles. The van der Waals surface area contributed by atoms with Crippen LogP contribution in [-0.2, 0) is 9.53 Å². The summed E-state index contributed by atoms with van der Waals surface area (Å²) in [5.74, 6) is -0.0818. The van der Waals surface area contributed by atoms with Crippen LogP contribution in [0.2, 0.25) is 0 Å². The van der Waals surface area contributed by atoms with E-state index in [-0.39, 0.29) is 5.97 Å². The van der Waals surface area contributed by atoms with E-state index in [0.29, 0.717) is 12.3 Å². The number of carbonyl (C=O) groups excluding carboxylic acids is 1. The Morgan fingerprint density at radius 3 is 2.50 bits per heavy atom. The van der Waals surface area contributed by atoms with E-state index >= 15 is 0 Å². The zero-order valence-electron chi connectivity index (χ0n) is 12.3. The monoisotopic (exact) mass is 276 g/mol. The van der Waals surface area contributed by atoms with Crippen LogP contribution in [0.1, 0.15) is 62.2 Å². The number of methoxy groups -OCH3 is 1. The van der Waals surface area contributed by atoms with Crippen molar-refractivity contribution >= 4 is 5.97 Å². The molecule has 1 aliphatic carbocycles. The molecule has 0 amide bonds. The molecule has 2 atom stereocenters. The van der Waals surface area contributed by atoms with E-state index in [4.69, 9.17) is 4.74 Å². The fourth-order valence-corrected chi connectivity index (χ4v) is 2.59. The minimum Gasteiger partial charge on any atom is -0.469 e. The van der Waals surface area contributed by atoms with E-state index in [0.717, 1.165) is 18.4 Å². The Morgan fingerprint density at radius 2 is 2.00 bits per heavy atom. The van der Waals surface area contributed by atoms with Crippen LogP contribution in [0.25, 0.3) is 0 Å². The molecule has 110 valence electrons. The summed E-state index contributed by atoms with van der Waals surface area (Å²) >= 11 is 0. The van der Waals surface area contributed by atoms with Gasteiger partial charge in [0.15, 0.2) is 0 Å². The first-order valence-electron chi connectivity index (χ1n) is 7.53. The highest BCUT2D eigenvalue weighted by molar-refractivity contribution is 5.73. The van der Waals surface area contributed by atoms with Gasteiger partial charge >= 0.3 is 5.97 Å². The van der Waals surface area contributed by atoms with Crippen molar-refractivity contribution in [3.63, 3.8) is 0 Å². The van der Waals surface area contributed by atoms with Gasteiger partial charge in [0.25, 0.3) is 0 Å². The Hall–Kier alpha value is -1.35. The summed E-state index contributed by atoms with van der Waals surface area (Å²) in [6.45, 7) is 2.07. The number of benzene rings is 1. The second-order valence-electron chi connectivity index (χ2n) is 5.66. The van der Waals surface area contributed by atoms with Crippen LogP contribution in [0.4, 0.5) is 0 Å². The summed E-state index contributed by atoms with van der Waals surface area (Å²) in [7, 11) is 1.38. The zero-order chi connectivity index (χ0) is 14.5. The van der Waals surface area contributed by atoms with Crippen molar-refractivity contribution in [3.8, 4) is 0 Å². The molecule has 1 saturated carbocycles. The van der Waals surface area contributed by atoms with Crippen LogP contribution < -0.4 is 0 Å². The predicted molar refractivity (Wildman–Crippen MR) is 78.4 cm³/mol. The fraction of sp³-hybridized carbons (Fsp3) is 0.588. The van der Waals surface area contributed by atoms with E-state index < -0.39 is 12.0 Å². The van der Waals surface area contributed by atoms with E-state index in [9.17, 15) is 9.90 Å². The first-order chi connectivity index (χ1) is 9.67. The van der Waals surface area contributed by atoms with Crippen molar-refractivity contribution in [1.82, 2.24) is 0 Å². The Morgan fingerprint density at radius 1 is 1.35 bits per heavy atom. The molecule has 1 fully saturated rings. The summed E-state index contributed by atoms with van der Waals surface area (Å²) in [6.07, 6.45) is 4.33. The molecule has 0 saturated heterocycles. The topological polar surface area (TPSA) is 46.5 Å². The standard InChI is InChI=1S/C17H24O3/c1-3-4-5-15(17(19)20-2)16(18)14-10-8-13(9-11-14)12-6-7-12/h8-12,15-16,18H,3-7H2,1-2H3. The minimum atomic E-state index is -0.776. The lowest BCUT2D eigenvalue weighted by molar-refractivity contribution is -0.150. The number of carbonyl (C=O) groups is 1. The highest BCUT2D eigenvalue weighted by Crippen LogP contribution is 2.40. The Labute approximate surface area is 121 Å². The molecule has 1 aromatic rings. The number of esters is 1. The molecule has 1 aliphatic rings. The van der Waals surface area contributed by atoms with Crippen LogP contribution in [-0.4, -0.2) is 18.2 Å². The van der Waals surface area contributed by atoms with E-state index in [2.05, 4.69) is 19.1 Å². The Balaban J connectivity index is 2.08. The largest absolute Gasteiger partial charge is 0.469 e. The molecule has 0 aliphatic heterocycles. The van der Waals surface area contributed by atoms with Crippen LogP contribution in [0.3, 0.4) is 0 Å². The Bertz CT molecular complexity index is 434. The average molecular weight is 276 g/mol. The van der Waals surface area contributed by atoms with E-state index in [1.807, 2.05) is 12.1 Å². The summed E-state index contributed by atoms with van der Waals surface area (Å²) in [5, 5.41) is 10.5. The normalized spacial score (nSPS) is 17.6. The molecule has 20 heavy (non-hydrogen) atoms. The van der Waals surface area contributed by atoms with Gasteiger partial charge in [-0.25, -0.2) is 0 Å². The summed E-state index contributed by atoms with van der Waals surface area (Å²) in [4.78, 5) is 11.8. The summed E-state index contributed by atoms with van der Waals surface area (Å²) < 4.78 is 4.83. The molecule has 2 unspecified atom stereocenters. The molecule has 1 N–H and O–H groups in total. The molecular formula is C17H24O3. The predicted octanol–water partition coefficient (Wildman–Crippen LogP) is 3.58. The quantitative estimate of drug-likeness (QED) is 0.774. The molecule has 3 nitrogen and oxygen atoms in total. The molecule has 2 rings (SSSR count). The van der Waals surface area contributed by atoms with Gasteiger partial charge in [-0.2, -0.15) is 0 Å². The van der Waals surface area contributed by atoms with Crippen molar-refractivity contribution in [2.75, 3.05) is 7.11 Å². The lowest BCUT2D eigenvalue weighted by Gasteiger charge is -2.21. The van der Waals surface area contributed by atoms with E-state index in [1.54, 1.807) is 0 Å². The maximum atomic E-state index is 11.8. The Kier molecular flexibility index (Phi) is 5.18. The number of aliphatic hydroxyl groups is 1. The number of ether oxygens (including phenoxy) is 1. The highest BCUT2D eigenvalue weighted by Gasteiger charge is 2.29. The molecule has 0 aromatic heterocycles. The van der Waals surface area contributed by atoms with Gasteiger partial charge < -0.3 is 9.84 Å². The van der Waals surface area contributed by atoms with Crippen LogP contribution in [0, 0.1) is 5.92 Å². The molecule has 0 bridgehead atoms. The van der Waals surface area contributed by atoms with Gasteiger partial charge in [0, 0.05) is 0 Å². The SMILES string of the molecule is CCCCC(C(=O)OC)C(O)c1ccc(C2CC2)cc1. The molecule has 3 heteroatoms. The summed E-state index contributed by atoms with van der Waals surface area (Å²) in [5.41, 5.74) is 2.14. The third kappa shape index (κ3) is 3.60. The number of hydrogen-bond donors (Lipinski definition) is 1. The number of hydrogen-bond acceptors (Lipinski definition) is 3. The molecule has 0 radical (unpaired) electrons. The van der Waals surface area contributed by atoms with E-state index in [1.165, 1.54) is 25.5 Å². The van der Waals surface area contributed by atoms with Crippen molar-refractivity contribution < 1.29 is 14.6 Å². The lowest BCUT2D eigenvalue weighted by Crippen LogP contribution is -2.23. The molecule has 1 aromatic carbocycles. The number of unbranched alkanes of at least 4 members (excludes halogenated alkanes) is 1. The maximum Gasteiger partial charge on any atom is 0.311 e. The van der Waals surface area contributed by atoms with Crippen molar-refractivity contribution in [2.45, 2.75) is 51.0 Å².